The Morgan fingerprint density at radius 1 is 1.04 bits per heavy atom. The Labute approximate surface area is 141 Å². The maximum atomic E-state index is 12.3. The van der Waals surface area contributed by atoms with Gasteiger partial charge in [0.25, 0.3) is 0 Å². The van der Waals surface area contributed by atoms with Gasteiger partial charge >= 0.3 is 0 Å². The summed E-state index contributed by atoms with van der Waals surface area (Å²) in [7, 11) is 0. The van der Waals surface area contributed by atoms with Gasteiger partial charge in [-0.3, -0.25) is 9.59 Å². The lowest BCUT2D eigenvalue weighted by Gasteiger charge is -2.18. The highest BCUT2D eigenvalue weighted by Crippen LogP contribution is 2.16. The van der Waals surface area contributed by atoms with Crippen molar-refractivity contribution in [1.29, 1.82) is 0 Å². The molecule has 2 aromatic carbocycles. The average molecular weight is 326 g/mol. The zero-order chi connectivity index (χ0) is 17.4. The van der Waals surface area contributed by atoms with E-state index in [4.69, 9.17) is 0 Å². The molecule has 2 amide bonds. The van der Waals surface area contributed by atoms with E-state index in [1.807, 2.05) is 42.5 Å². The van der Waals surface area contributed by atoms with Crippen LogP contribution in [-0.4, -0.2) is 23.5 Å². The molecule has 5 nitrogen and oxygen atoms in total. The van der Waals surface area contributed by atoms with Crippen LogP contribution in [0.3, 0.4) is 0 Å². The Balaban J connectivity index is 1.96. The minimum Gasteiger partial charge on any atom is -0.396 e. The summed E-state index contributed by atoms with van der Waals surface area (Å²) in [6, 6.07) is 16.6. The minimum absolute atomic E-state index is 0.00521. The van der Waals surface area contributed by atoms with Crippen LogP contribution in [0.25, 0.3) is 0 Å². The van der Waals surface area contributed by atoms with Crippen molar-refractivity contribution >= 4 is 17.5 Å². The van der Waals surface area contributed by atoms with E-state index in [1.54, 1.807) is 12.1 Å². The van der Waals surface area contributed by atoms with E-state index in [2.05, 4.69) is 10.6 Å². The zero-order valence-corrected chi connectivity index (χ0v) is 13.7. The highest BCUT2D eigenvalue weighted by atomic mass is 16.3. The molecule has 0 fully saturated rings. The molecule has 0 saturated carbocycles. The zero-order valence-electron chi connectivity index (χ0n) is 13.7. The highest BCUT2D eigenvalue weighted by molar-refractivity contribution is 5.88. The highest BCUT2D eigenvalue weighted by Gasteiger charge is 2.14. The van der Waals surface area contributed by atoms with Gasteiger partial charge in [-0.2, -0.15) is 0 Å². The average Bonchev–Trinajstić information content (AvgIpc) is 2.56. The van der Waals surface area contributed by atoms with Gasteiger partial charge in [0.05, 0.1) is 12.5 Å². The number of hydrogen-bond donors (Lipinski definition) is 3. The summed E-state index contributed by atoms with van der Waals surface area (Å²) >= 11 is 0. The molecule has 0 bridgehead atoms. The van der Waals surface area contributed by atoms with Crippen LogP contribution >= 0.6 is 0 Å². The van der Waals surface area contributed by atoms with E-state index in [9.17, 15) is 14.7 Å². The first-order chi connectivity index (χ1) is 11.6. The first kappa shape index (κ1) is 17.7. The number of carbonyl (C=O) groups is 2. The van der Waals surface area contributed by atoms with Gasteiger partial charge in [-0.1, -0.05) is 42.5 Å². The van der Waals surface area contributed by atoms with Crippen LogP contribution in [0.1, 0.15) is 30.5 Å². The number of benzene rings is 2. The van der Waals surface area contributed by atoms with Crippen LogP contribution in [0.4, 0.5) is 5.69 Å². The lowest BCUT2D eigenvalue weighted by molar-refractivity contribution is -0.121. The van der Waals surface area contributed by atoms with Crippen molar-refractivity contribution in [2.45, 2.75) is 25.8 Å². The van der Waals surface area contributed by atoms with Crippen LogP contribution in [0.5, 0.6) is 0 Å². The van der Waals surface area contributed by atoms with E-state index >= 15 is 0 Å². The number of hydrogen-bond acceptors (Lipinski definition) is 3. The van der Waals surface area contributed by atoms with E-state index in [1.165, 1.54) is 6.92 Å². The molecule has 0 aliphatic carbocycles. The SMILES string of the molecule is CC(=O)Nc1ccc(CC(=O)NC(CCO)c2ccccc2)cc1. The fourth-order valence-electron chi connectivity index (χ4n) is 2.48. The molecular formula is C19H22N2O3. The Morgan fingerprint density at radius 3 is 2.29 bits per heavy atom. The number of amides is 2. The van der Waals surface area contributed by atoms with Crippen LogP contribution in [-0.2, 0) is 16.0 Å². The van der Waals surface area contributed by atoms with Crippen LogP contribution in [0, 0.1) is 0 Å². The summed E-state index contributed by atoms with van der Waals surface area (Å²) in [4.78, 5) is 23.3. The third-order valence-electron chi connectivity index (χ3n) is 3.59. The minimum atomic E-state index is -0.206. The summed E-state index contributed by atoms with van der Waals surface area (Å²) in [5, 5.41) is 14.9. The molecule has 5 heteroatoms. The lowest BCUT2D eigenvalue weighted by atomic mass is 10.0. The van der Waals surface area contributed by atoms with Gasteiger partial charge in [0.15, 0.2) is 0 Å². The second-order valence-corrected chi connectivity index (χ2v) is 5.60. The summed E-state index contributed by atoms with van der Waals surface area (Å²) < 4.78 is 0. The molecule has 2 rings (SSSR count). The third-order valence-corrected chi connectivity index (χ3v) is 3.59. The van der Waals surface area contributed by atoms with Crippen molar-refractivity contribution in [1.82, 2.24) is 5.32 Å². The lowest BCUT2D eigenvalue weighted by Crippen LogP contribution is -2.30. The van der Waals surface area contributed by atoms with Crippen molar-refractivity contribution in [2.24, 2.45) is 0 Å². The Bertz CT molecular complexity index is 669. The molecule has 1 atom stereocenters. The summed E-state index contributed by atoms with van der Waals surface area (Å²) in [5.74, 6) is -0.236. The molecule has 1 unspecified atom stereocenters. The van der Waals surface area contributed by atoms with E-state index in [0.717, 1.165) is 11.1 Å². The van der Waals surface area contributed by atoms with Crippen molar-refractivity contribution < 1.29 is 14.7 Å². The molecule has 24 heavy (non-hydrogen) atoms. The first-order valence-electron chi connectivity index (χ1n) is 7.90. The Hall–Kier alpha value is -2.66. The van der Waals surface area contributed by atoms with Crippen molar-refractivity contribution in [2.75, 3.05) is 11.9 Å². The molecule has 0 radical (unpaired) electrons. The monoisotopic (exact) mass is 326 g/mol. The normalized spacial score (nSPS) is 11.6. The maximum Gasteiger partial charge on any atom is 0.224 e. The van der Waals surface area contributed by atoms with Gasteiger partial charge in [-0.15, -0.1) is 0 Å². The summed E-state index contributed by atoms with van der Waals surface area (Å²) in [6.07, 6.45) is 0.715. The largest absolute Gasteiger partial charge is 0.396 e. The topological polar surface area (TPSA) is 78.4 Å². The molecule has 0 spiro atoms. The number of rotatable bonds is 7. The standard InChI is InChI=1S/C19H22N2O3/c1-14(23)20-17-9-7-15(8-10-17)13-19(24)21-18(11-12-22)16-5-3-2-4-6-16/h2-10,18,22H,11-13H2,1H3,(H,20,23)(H,21,24). The van der Waals surface area contributed by atoms with Gasteiger partial charge in [0.2, 0.25) is 11.8 Å². The predicted octanol–water partition coefficient (Wildman–Crippen LogP) is 2.43. The van der Waals surface area contributed by atoms with Crippen LogP contribution < -0.4 is 10.6 Å². The van der Waals surface area contributed by atoms with E-state index < -0.39 is 0 Å². The Kier molecular flexibility index (Phi) is 6.51. The molecule has 0 saturated heterocycles. The van der Waals surface area contributed by atoms with E-state index in [-0.39, 0.29) is 30.9 Å². The first-order valence-corrected chi connectivity index (χ1v) is 7.90. The molecule has 3 N–H and O–H groups in total. The number of nitrogens with one attached hydrogen (secondary N) is 2. The maximum absolute atomic E-state index is 12.3. The van der Waals surface area contributed by atoms with Crippen LogP contribution in [0.2, 0.25) is 0 Å². The number of anilines is 1. The molecule has 2 aromatic rings. The molecular weight excluding hydrogens is 304 g/mol. The number of aliphatic hydroxyl groups is 1. The van der Waals surface area contributed by atoms with Gasteiger partial charge in [0.1, 0.15) is 0 Å². The smallest absolute Gasteiger partial charge is 0.224 e. The van der Waals surface area contributed by atoms with Gasteiger partial charge in [0, 0.05) is 19.2 Å². The predicted molar refractivity (Wildman–Crippen MR) is 93.5 cm³/mol. The van der Waals surface area contributed by atoms with Crippen molar-refractivity contribution in [3.63, 3.8) is 0 Å². The second kappa shape index (κ2) is 8.84. The molecule has 0 aliphatic heterocycles. The van der Waals surface area contributed by atoms with Crippen molar-refractivity contribution in [3.05, 3.63) is 65.7 Å². The van der Waals surface area contributed by atoms with E-state index in [0.29, 0.717) is 12.1 Å². The van der Waals surface area contributed by atoms with Crippen LogP contribution in [0.15, 0.2) is 54.6 Å². The summed E-state index contributed by atoms with van der Waals surface area (Å²) in [5.41, 5.74) is 2.53. The van der Waals surface area contributed by atoms with Crippen molar-refractivity contribution in [3.8, 4) is 0 Å². The fourth-order valence-corrected chi connectivity index (χ4v) is 2.48. The molecule has 0 aliphatic rings. The molecule has 0 heterocycles. The fraction of sp³-hybridized carbons (Fsp3) is 0.263. The second-order valence-electron chi connectivity index (χ2n) is 5.60. The van der Waals surface area contributed by atoms with Gasteiger partial charge in [-0.05, 0) is 29.7 Å². The molecule has 126 valence electrons. The van der Waals surface area contributed by atoms with Gasteiger partial charge < -0.3 is 15.7 Å². The molecule has 0 aromatic heterocycles. The van der Waals surface area contributed by atoms with Gasteiger partial charge in [-0.25, -0.2) is 0 Å². The number of aliphatic hydroxyl groups excluding tert-OH is 1. The quantitative estimate of drug-likeness (QED) is 0.731. The Morgan fingerprint density at radius 2 is 1.71 bits per heavy atom. The summed E-state index contributed by atoms with van der Waals surface area (Å²) in [6.45, 7) is 1.46. The third kappa shape index (κ3) is 5.52. The number of carbonyl (C=O) groups excluding carboxylic acids is 2.